The second-order valence-corrected chi connectivity index (χ2v) is 10.5. The molecular formula is C29H26N8S. The minimum atomic E-state index is 0.401. The highest BCUT2D eigenvalue weighted by atomic mass is 32.1. The molecule has 188 valence electrons. The summed E-state index contributed by atoms with van der Waals surface area (Å²) in [6, 6.07) is 20.8. The van der Waals surface area contributed by atoms with Crippen LogP contribution in [0.1, 0.15) is 30.1 Å². The van der Waals surface area contributed by atoms with Gasteiger partial charge < -0.3 is 0 Å². The number of likely N-dealkylation sites (tertiary alicyclic amines) is 1. The molecule has 1 aliphatic heterocycles. The van der Waals surface area contributed by atoms with Gasteiger partial charge in [0.15, 0.2) is 5.82 Å². The van der Waals surface area contributed by atoms with Gasteiger partial charge in [-0.2, -0.15) is 5.10 Å². The highest BCUT2D eigenvalue weighted by Crippen LogP contribution is 2.35. The number of piperidine rings is 1. The van der Waals surface area contributed by atoms with E-state index in [0.29, 0.717) is 11.7 Å². The Kier molecular flexibility index (Phi) is 5.99. The Morgan fingerprint density at radius 3 is 2.55 bits per heavy atom. The van der Waals surface area contributed by atoms with Gasteiger partial charge in [0.05, 0.1) is 16.3 Å². The van der Waals surface area contributed by atoms with Gasteiger partial charge in [0.2, 0.25) is 5.78 Å². The van der Waals surface area contributed by atoms with Gasteiger partial charge >= 0.3 is 0 Å². The highest BCUT2D eigenvalue weighted by Gasteiger charge is 2.24. The van der Waals surface area contributed by atoms with Crippen molar-refractivity contribution in [2.24, 2.45) is 0 Å². The fourth-order valence-corrected chi connectivity index (χ4v) is 5.96. The van der Waals surface area contributed by atoms with Crippen molar-refractivity contribution >= 4 is 17.1 Å². The standard InChI is InChI=1S/C29H26N8S/c1-2-13-30-23(5-1)28-33-27(34-35-28)22-11-16-36(17-12-22)19-20-7-9-21(10-8-20)25-26(24-6-3-18-38-24)37-15-4-14-31-29(37)32-25/h1-10,13-15,18,22H,11-12,16-17,19H2,(H,33,34,35). The Bertz CT molecular complexity index is 1650. The number of rotatable bonds is 6. The van der Waals surface area contributed by atoms with Crippen molar-refractivity contribution in [3.8, 4) is 33.3 Å². The van der Waals surface area contributed by atoms with E-state index in [1.54, 1.807) is 23.7 Å². The summed E-state index contributed by atoms with van der Waals surface area (Å²) in [5.74, 6) is 2.76. The fraction of sp³-hybridized carbons (Fsp3) is 0.207. The van der Waals surface area contributed by atoms with E-state index in [4.69, 9.17) is 9.97 Å². The molecule has 8 nitrogen and oxygen atoms in total. The Balaban J connectivity index is 1.03. The van der Waals surface area contributed by atoms with Crippen molar-refractivity contribution in [1.29, 1.82) is 0 Å². The Hall–Kier alpha value is -4.21. The lowest BCUT2D eigenvalue weighted by atomic mass is 9.95. The molecule has 6 heterocycles. The van der Waals surface area contributed by atoms with Crippen LogP contribution in [-0.2, 0) is 6.54 Å². The predicted molar refractivity (Wildman–Crippen MR) is 149 cm³/mol. The summed E-state index contributed by atoms with van der Waals surface area (Å²) < 4.78 is 2.08. The van der Waals surface area contributed by atoms with Gasteiger partial charge in [-0.15, -0.1) is 11.3 Å². The van der Waals surface area contributed by atoms with Crippen molar-refractivity contribution in [2.75, 3.05) is 13.1 Å². The molecule has 0 saturated carbocycles. The van der Waals surface area contributed by atoms with Gasteiger partial charge in [-0.1, -0.05) is 36.4 Å². The molecule has 1 N–H and O–H groups in total. The number of aromatic nitrogens is 7. The molecule has 9 heteroatoms. The van der Waals surface area contributed by atoms with E-state index in [9.17, 15) is 0 Å². The summed E-state index contributed by atoms with van der Waals surface area (Å²) in [5, 5.41) is 9.65. The zero-order chi connectivity index (χ0) is 25.3. The molecule has 1 fully saturated rings. The molecule has 0 aliphatic carbocycles. The zero-order valence-corrected chi connectivity index (χ0v) is 21.6. The average molecular weight is 519 g/mol. The smallest absolute Gasteiger partial charge is 0.234 e. The largest absolute Gasteiger partial charge is 0.299 e. The van der Waals surface area contributed by atoms with Crippen LogP contribution < -0.4 is 0 Å². The quantitative estimate of drug-likeness (QED) is 0.305. The number of H-pyrrole nitrogens is 1. The van der Waals surface area contributed by atoms with Crippen LogP contribution in [0.25, 0.3) is 39.1 Å². The van der Waals surface area contributed by atoms with Crippen LogP contribution in [0.2, 0.25) is 0 Å². The molecular weight excluding hydrogens is 492 g/mol. The number of fused-ring (bicyclic) bond motifs is 1. The van der Waals surface area contributed by atoms with Crippen LogP contribution in [0.5, 0.6) is 0 Å². The van der Waals surface area contributed by atoms with Crippen LogP contribution in [0.4, 0.5) is 0 Å². The van der Waals surface area contributed by atoms with E-state index in [2.05, 4.69) is 71.2 Å². The van der Waals surface area contributed by atoms with E-state index in [-0.39, 0.29) is 0 Å². The molecule has 5 aromatic heterocycles. The van der Waals surface area contributed by atoms with Crippen LogP contribution in [0.15, 0.2) is 84.6 Å². The van der Waals surface area contributed by atoms with E-state index in [1.165, 1.54) is 10.4 Å². The number of aromatic amines is 1. The summed E-state index contributed by atoms with van der Waals surface area (Å²) >= 11 is 1.72. The third-order valence-corrected chi connectivity index (χ3v) is 8.04. The molecule has 6 aromatic rings. The minimum Gasteiger partial charge on any atom is -0.299 e. The second kappa shape index (κ2) is 9.92. The van der Waals surface area contributed by atoms with Gasteiger partial charge in [-0.25, -0.2) is 15.0 Å². The van der Waals surface area contributed by atoms with Crippen LogP contribution in [0.3, 0.4) is 0 Å². The maximum absolute atomic E-state index is 4.87. The SMILES string of the molecule is c1ccc(-c2n[nH]c(C3CCN(Cc4ccc(-c5nc6ncccn6c5-c5cccs5)cc4)CC3)n2)nc1. The molecule has 0 bridgehead atoms. The molecule has 1 saturated heterocycles. The number of hydrogen-bond donors (Lipinski definition) is 1. The lowest BCUT2D eigenvalue weighted by Crippen LogP contribution is -2.32. The summed E-state index contributed by atoms with van der Waals surface area (Å²) in [4.78, 5) is 22.1. The van der Waals surface area contributed by atoms with Crippen molar-refractivity contribution in [2.45, 2.75) is 25.3 Å². The third-order valence-electron chi connectivity index (χ3n) is 7.16. The second-order valence-electron chi connectivity index (χ2n) is 9.58. The topological polar surface area (TPSA) is 87.9 Å². The van der Waals surface area contributed by atoms with Crippen molar-refractivity contribution in [1.82, 2.24) is 39.4 Å². The highest BCUT2D eigenvalue weighted by molar-refractivity contribution is 7.13. The van der Waals surface area contributed by atoms with Gasteiger partial charge in [-0.3, -0.25) is 19.4 Å². The number of pyridine rings is 1. The summed E-state index contributed by atoms with van der Waals surface area (Å²) in [7, 11) is 0. The maximum atomic E-state index is 4.87. The fourth-order valence-electron chi connectivity index (χ4n) is 5.19. The molecule has 0 radical (unpaired) electrons. The zero-order valence-electron chi connectivity index (χ0n) is 20.7. The lowest BCUT2D eigenvalue weighted by molar-refractivity contribution is 0.202. The molecule has 0 unspecified atom stereocenters. The first-order valence-corrected chi connectivity index (χ1v) is 13.7. The van der Waals surface area contributed by atoms with Crippen LogP contribution in [0, 0.1) is 0 Å². The number of nitrogens with one attached hydrogen (secondary N) is 1. The van der Waals surface area contributed by atoms with Gasteiger partial charge in [0.1, 0.15) is 11.5 Å². The first-order valence-electron chi connectivity index (χ1n) is 12.8. The molecule has 0 spiro atoms. The van der Waals surface area contributed by atoms with E-state index < -0.39 is 0 Å². The lowest BCUT2D eigenvalue weighted by Gasteiger charge is -2.30. The first kappa shape index (κ1) is 22.9. The first-order chi connectivity index (χ1) is 18.8. The van der Waals surface area contributed by atoms with Crippen LogP contribution in [-0.4, -0.2) is 52.5 Å². The van der Waals surface area contributed by atoms with Crippen molar-refractivity contribution < 1.29 is 0 Å². The summed E-state index contributed by atoms with van der Waals surface area (Å²) in [6.45, 7) is 3.01. The number of hydrogen-bond acceptors (Lipinski definition) is 7. The third kappa shape index (κ3) is 4.40. The van der Waals surface area contributed by atoms with Gasteiger partial charge in [-0.05, 0) is 61.1 Å². The summed E-state index contributed by atoms with van der Waals surface area (Å²) in [6.07, 6.45) is 7.72. The minimum absolute atomic E-state index is 0.401. The molecule has 1 aliphatic rings. The Morgan fingerprint density at radius 1 is 0.895 bits per heavy atom. The van der Waals surface area contributed by atoms with Gasteiger partial charge in [0, 0.05) is 36.6 Å². The normalized spacial score (nSPS) is 14.8. The van der Waals surface area contributed by atoms with Gasteiger partial charge in [0.25, 0.3) is 0 Å². The van der Waals surface area contributed by atoms with E-state index >= 15 is 0 Å². The average Bonchev–Trinajstić information content (AvgIpc) is 3.74. The molecule has 0 atom stereocenters. The number of thiophene rings is 1. The van der Waals surface area contributed by atoms with Crippen LogP contribution >= 0.6 is 11.3 Å². The number of imidazole rings is 1. The molecule has 1 aromatic carbocycles. The molecule has 38 heavy (non-hydrogen) atoms. The Labute approximate surface area is 224 Å². The Morgan fingerprint density at radius 2 is 1.76 bits per heavy atom. The number of benzene rings is 1. The van der Waals surface area contributed by atoms with E-state index in [1.807, 2.05) is 30.5 Å². The molecule has 0 amide bonds. The summed E-state index contributed by atoms with van der Waals surface area (Å²) in [5.41, 5.74) is 5.28. The number of nitrogens with zero attached hydrogens (tertiary/aromatic N) is 7. The predicted octanol–water partition coefficient (Wildman–Crippen LogP) is 5.68. The van der Waals surface area contributed by atoms with E-state index in [0.717, 1.165) is 66.7 Å². The molecule has 7 rings (SSSR count). The monoisotopic (exact) mass is 518 g/mol. The maximum Gasteiger partial charge on any atom is 0.234 e. The van der Waals surface area contributed by atoms with Crippen molar-refractivity contribution in [3.63, 3.8) is 0 Å². The van der Waals surface area contributed by atoms with Crippen molar-refractivity contribution in [3.05, 3.63) is 96.0 Å².